The van der Waals surface area contributed by atoms with Crippen molar-refractivity contribution in [1.82, 2.24) is 0 Å². The van der Waals surface area contributed by atoms with Gasteiger partial charge in [-0.15, -0.1) is 11.3 Å². The van der Waals surface area contributed by atoms with Crippen molar-refractivity contribution in [2.75, 3.05) is 0 Å². The normalized spacial score (nSPS) is 10.8. The Labute approximate surface area is 88.2 Å². The number of aromatic hydroxyl groups is 1. The van der Waals surface area contributed by atoms with E-state index in [4.69, 9.17) is 0 Å². The molecule has 0 atom stereocenters. The predicted octanol–water partition coefficient (Wildman–Crippen LogP) is 3.52. The number of fused-ring (bicyclic) bond motifs is 1. The third-order valence-corrected chi connectivity index (χ3v) is 3.84. The van der Waals surface area contributed by atoms with Gasteiger partial charge in [0.15, 0.2) is 0 Å². The number of halogens is 1. The van der Waals surface area contributed by atoms with Gasteiger partial charge < -0.3 is 5.11 Å². The molecule has 0 aliphatic rings. The maximum absolute atomic E-state index is 9.52. The maximum atomic E-state index is 9.52. The van der Waals surface area contributed by atoms with Crippen LogP contribution in [-0.2, 0) is 0 Å². The highest BCUT2D eigenvalue weighted by Crippen LogP contribution is 2.33. The Morgan fingerprint density at radius 3 is 3.00 bits per heavy atom. The summed E-state index contributed by atoms with van der Waals surface area (Å²) in [5, 5.41) is 12.8. The highest BCUT2D eigenvalue weighted by atomic mass is 127. The fourth-order valence-corrected chi connectivity index (χ4v) is 3.06. The Morgan fingerprint density at radius 2 is 2.25 bits per heavy atom. The molecule has 0 amide bonds. The molecule has 1 aromatic carbocycles. The molecule has 1 nitrogen and oxygen atoms in total. The molecule has 1 heterocycles. The molecule has 0 saturated carbocycles. The molecule has 12 heavy (non-hydrogen) atoms. The predicted molar refractivity (Wildman–Crippen MR) is 60.9 cm³/mol. The van der Waals surface area contributed by atoms with E-state index in [-0.39, 0.29) is 0 Å². The van der Waals surface area contributed by atoms with Crippen LogP contribution in [0.1, 0.15) is 5.56 Å². The SMILES string of the molecule is Cc1c(O)cc(I)c2ccsc12. The van der Waals surface area contributed by atoms with Crippen LogP contribution in [0.25, 0.3) is 10.1 Å². The van der Waals surface area contributed by atoms with Gasteiger partial charge in [-0.3, -0.25) is 0 Å². The fraction of sp³-hybridized carbons (Fsp3) is 0.111. The zero-order valence-corrected chi connectivity index (χ0v) is 9.44. The lowest BCUT2D eigenvalue weighted by molar-refractivity contribution is 0.472. The second kappa shape index (κ2) is 2.88. The molecule has 0 aliphatic heterocycles. The van der Waals surface area contributed by atoms with E-state index < -0.39 is 0 Å². The minimum Gasteiger partial charge on any atom is -0.508 e. The third-order valence-electron chi connectivity index (χ3n) is 1.91. The summed E-state index contributed by atoms with van der Waals surface area (Å²) in [6.07, 6.45) is 0. The van der Waals surface area contributed by atoms with E-state index >= 15 is 0 Å². The molecule has 0 unspecified atom stereocenters. The summed E-state index contributed by atoms with van der Waals surface area (Å²) in [4.78, 5) is 0. The Bertz CT molecular complexity index is 433. The molecule has 0 spiro atoms. The van der Waals surface area contributed by atoms with Gasteiger partial charge in [0.2, 0.25) is 0 Å². The summed E-state index contributed by atoms with van der Waals surface area (Å²) in [6.45, 7) is 1.95. The summed E-state index contributed by atoms with van der Waals surface area (Å²) in [7, 11) is 0. The van der Waals surface area contributed by atoms with Crippen LogP contribution < -0.4 is 0 Å². The van der Waals surface area contributed by atoms with E-state index in [1.165, 1.54) is 10.1 Å². The quantitative estimate of drug-likeness (QED) is 0.736. The van der Waals surface area contributed by atoms with Gasteiger partial charge in [0.1, 0.15) is 5.75 Å². The maximum Gasteiger partial charge on any atom is 0.120 e. The lowest BCUT2D eigenvalue weighted by Gasteiger charge is -2.01. The lowest BCUT2D eigenvalue weighted by atomic mass is 10.2. The van der Waals surface area contributed by atoms with E-state index in [0.29, 0.717) is 5.75 Å². The van der Waals surface area contributed by atoms with Gasteiger partial charge in [0.05, 0.1) is 0 Å². The fourth-order valence-electron chi connectivity index (χ4n) is 1.21. The zero-order chi connectivity index (χ0) is 8.72. The molecule has 1 N–H and O–H groups in total. The average molecular weight is 290 g/mol. The minimum absolute atomic E-state index is 0.398. The van der Waals surface area contributed by atoms with Crippen LogP contribution in [0, 0.1) is 10.5 Å². The Balaban J connectivity index is 2.97. The van der Waals surface area contributed by atoms with Crippen molar-refractivity contribution < 1.29 is 5.11 Å². The molecular weight excluding hydrogens is 283 g/mol. The van der Waals surface area contributed by atoms with Crippen LogP contribution in [0.3, 0.4) is 0 Å². The van der Waals surface area contributed by atoms with Gasteiger partial charge in [0.25, 0.3) is 0 Å². The Kier molecular flexibility index (Phi) is 2.00. The highest BCUT2D eigenvalue weighted by Gasteiger charge is 2.06. The van der Waals surface area contributed by atoms with Crippen LogP contribution >= 0.6 is 33.9 Å². The number of hydrogen-bond donors (Lipinski definition) is 1. The van der Waals surface area contributed by atoms with Gasteiger partial charge in [-0.25, -0.2) is 0 Å². The second-order valence-electron chi connectivity index (χ2n) is 2.67. The first-order chi connectivity index (χ1) is 5.70. The van der Waals surface area contributed by atoms with Crippen molar-refractivity contribution in [3.8, 4) is 5.75 Å². The molecule has 0 saturated heterocycles. The van der Waals surface area contributed by atoms with Crippen molar-refractivity contribution in [3.63, 3.8) is 0 Å². The van der Waals surface area contributed by atoms with Crippen molar-refractivity contribution in [3.05, 3.63) is 26.6 Å². The smallest absolute Gasteiger partial charge is 0.120 e. The highest BCUT2D eigenvalue weighted by molar-refractivity contribution is 14.1. The van der Waals surface area contributed by atoms with E-state index in [9.17, 15) is 5.11 Å². The molecule has 2 aromatic rings. The summed E-state index contributed by atoms with van der Waals surface area (Å²) in [6, 6.07) is 3.90. The number of thiophene rings is 1. The van der Waals surface area contributed by atoms with Crippen LogP contribution in [0.4, 0.5) is 0 Å². The zero-order valence-electron chi connectivity index (χ0n) is 6.47. The van der Waals surface area contributed by atoms with Gasteiger partial charge in [-0.2, -0.15) is 0 Å². The molecule has 0 fully saturated rings. The van der Waals surface area contributed by atoms with E-state index in [1.54, 1.807) is 11.3 Å². The number of aryl methyl sites for hydroxylation is 1. The van der Waals surface area contributed by atoms with Crippen LogP contribution in [0.2, 0.25) is 0 Å². The molecule has 3 heteroatoms. The number of phenolic OH excluding ortho intramolecular Hbond substituents is 1. The first kappa shape index (κ1) is 8.31. The summed E-state index contributed by atoms with van der Waals surface area (Å²) in [5.41, 5.74) is 0.986. The number of phenols is 1. The van der Waals surface area contributed by atoms with E-state index in [0.717, 1.165) is 9.13 Å². The molecule has 0 aliphatic carbocycles. The van der Waals surface area contributed by atoms with E-state index in [2.05, 4.69) is 34.0 Å². The standard InChI is InChI=1S/C9H7IOS/c1-5-8(11)4-7(10)6-2-3-12-9(5)6/h2-4,11H,1H3. The molecule has 0 radical (unpaired) electrons. The van der Waals surface area contributed by atoms with Crippen LogP contribution in [0.15, 0.2) is 17.5 Å². The molecule has 0 bridgehead atoms. The molecule has 2 rings (SSSR count). The number of rotatable bonds is 0. The van der Waals surface area contributed by atoms with Crippen LogP contribution in [0.5, 0.6) is 5.75 Å². The number of hydrogen-bond acceptors (Lipinski definition) is 2. The largest absolute Gasteiger partial charge is 0.508 e. The van der Waals surface area contributed by atoms with Gasteiger partial charge in [0, 0.05) is 19.2 Å². The molecular formula is C9H7IOS. The Morgan fingerprint density at radius 1 is 1.50 bits per heavy atom. The van der Waals surface area contributed by atoms with Gasteiger partial charge in [-0.05, 0) is 47.0 Å². The second-order valence-corrected chi connectivity index (χ2v) is 4.74. The van der Waals surface area contributed by atoms with Gasteiger partial charge in [-0.1, -0.05) is 0 Å². The third kappa shape index (κ3) is 1.11. The first-order valence-electron chi connectivity index (χ1n) is 3.55. The van der Waals surface area contributed by atoms with Crippen molar-refractivity contribution >= 4 is 44.0 Å². The van der Waals surface area contributed by atoms with Crippen molar-refractivity contribution in [2.24, 2.45) is 0 Å². The average Bonchev–Trinajstić information content (AvgIpc) is 2.48. The lowest BCUT2D eigenvalue weighted by Crippen LogP contribution is -1.78. The first-order valence-corrected chi connectivity index (χ1v) is 5.51. The van der Waals surface area contributed by atoms with Gasteiger partial charge >= 0.3 is 0 Å². The summed E-state index contributed by atoms with van der Waals surface area (Å²) in [5.74, 6) is 0.398. The Hall–Kier alpha value is -0.290. The van der Waals surface area contributed by atoms with Crippen molar-refractivity contribution in [2.45, 2.75) is 6.92 Å². The van der Waals surface area contributed by atoms with Crippen LogP contribution in [-0.4, -0.2) is 5.11 Å². The minimum atomic E-state index is 0.398. The topological polar surface area (TPSA) is 20.2 Å². The molecule has 1 aromatic heterocycles. The summed E-state index contributed by atoms with van der Waals surface area (Å²) < 4.78 is 2.31. The summed E-state index contributed by atoms with van der Waals surface area (Å²) >= 11 is 3.92. The monoisotopic (exact) mass is 290 g/mol. The van der Waals surface area contributed by atoms with Crippen molar-refractivity contribution in [1.29, 1.82) is 0 Å². The number of benzene rings is 1. The molecule has 62 valence electrons. The van der Waals surface area contributed by atoms with E-state index in [1.807, 2.05) is 13.0 Å².